The number of hydrogen-bond donors (Lipinski definition) is 1. The van der Waals surface area contributed by atoms with Crippen LogP contribution in [0.15, 0.2) is 12.4 Å². The molecule has 0 bridgehead atoms. The van der Waals surface area contributed by atoms with E-state index in [-0.39, 0.29) is 0 Å². The SMILES string of the molecule is CNc1nc(Cn2ncc(Cl)c2C)nc2c1cnn2C. The molecule has 104 valence electrons. The number of hydrogen-bond acceptors (Lipinski definition) is 5. The maximum atomic E-state index is 6.01. The third-order valence-corrected chi connectivity index (χ3v) is 3.58. The molecule has 20 heavy (non-hydrogen) atoms. The average Bonchev–Trinajstić information content (AvgIpc) is 2.96. The molecule has 0 aromatic carbocycles. The van der Waals surface area contributed by atoms with Gasteiger partial charge < -0.3 is 5.32 Å². The van der Waals surface area contributed by atoms with E-state index in [9.17, 15) is 0 Å². The Morgan fingerprint density at radius 2 is 2.05 bits per heavy atom. The van der Waals surface area contributed by atoms with Crippen molar-refractivity contribution in [3.8, 4) is 0 Å². The molecule has 3 rings (SSSR count). The Bertz CT molecular complexity index is 774. The number of aromatic nitrogens is 6. The molecular formula is C12H14ClN7. The first-order chi connectivity index (χ1) is 9.60. The monoisotopic (exact) mass is 291 g/mol. The maximum Gasteiger partial charge on any atom is 0.163 e. The van der Waals surface area contributed by atoms with Crippen LogP contribution in [0, 0.1) is 6.92 Å². The number of fused-ring (bicyclic) bond motifs is 1. The predicted octanol–water partition coefficient (Wildman–Crippen LogP) is 1.61. The Hall–Kier alpha value is -2.15. The Balaban J connectivity index is 2.07. The predicted molar refractivity (Wildman–Crippen MR) is 76.9 cm³/mol. The summed E-state index contributed by atoms with van der Waals surface area (Å²) >= 11 is 6.01. The van der Waals surface area contributed by atoms with Gasteiger partial charge in [0, 0.05) is 14.1 Å². The lowest BCUT2D eigenvalue weighted by molar-refractivity contribution is 0.637. The summed E-state index contributed by atoms with van der Waals surface area (Å²) in [6, 6.07) is 0. The van der Waals surface area contributed by atoms with Gasteiger partial charge in [-0.25, -0.2) is 9.97 Å². The third-order valence-electron chi connectivity index (χ3n) is 3.21. The topological polar surface area (TPSA) is 73.5 Å². The Kier molecular flexibility index (Phi) is 3.06. The molecule has 0 saturated carbocycles. The van der Waals surface area contributed by atoms with Gasteiger partial charge in [-0.15, -0.1) is 0 Å². The highest BCUT2D eigenvalue weighted by molar-refractivity contribution is 6.31. The highest BCUT2D eigenvalue weighted by atomic mass is 35.5. The molecule has 3 heterocycles. The first kappa shape index (κ1) is 12.9. The molecule has 0 fully saturated rings. The summed E-state index contributed by atoms with van der Waals surface area (Å²) in [5, 5.41) is 13.0. The van der Waals surface area contributed by atoms with Crippen molar-refractivity contribution in [2.75, 3.05) is 12.4 Å². The van der Waals surface area contributed by atoms with Gasteiger partial charge in [-0.1, -0.05) is 11.6 Å². The second-order valence-corrected chi connectivity index (χ2v) is 4.89. The number of nitrogens with zero attached hydrogens (tertiary/aromatic N) is 6. The Labute approximate surface area is 120 Å². The molecule has 3 aromatic heterocycles. The van der Waals surface area contributed by atoms with E-state index in [2.05, 4.69) is 25.5 Å². The summed E-state index contributed by atoms with van der Waals surface area (Å²) in [5.74, 6) is 1.42. The normalized spacial score (nSPS) is 11.2. The van der Waals surface area contributed by atoms with E-state index in [1.54, 1.807) is 21.8 Å². The summed E-state index contributed by atoms with van der Waals surface area (Å²) in [5.41, 5.74) is 1.68. The van der Waals surface area contributed by atoms with Gasteiger partial charge in [0.1, 0.15) is 12.4 Å². The molecule has 0 atom stereocenters. The van der Waals surface area contributed by atoms with Gasteiger partial charge in [0.25, 0.3) is 0 Å². The third kappa shape index (κ3) is 2.00. The zero-order valence-electron chi connectivity index (χ0n) is 11.4. The van der Waals surface area contributed by atoms with Crippen molar-refractivity contribution in [3.05, 3.63) is 28.9 Å². The summed E-state index contributed by atoms with van der Waals surface area (Å²) in [6.45, 7) is 2.38. The minimum atomic E-state index is 0.467. The number of aryl methyl sites for hydroxylation is 1. The van der Waals surface area contributed by atoms with Crippen LogP contribution < -0.4 is 5.32 Å². The van der Waals surface area contributed by atoms with Crippen LogP contribution in [0.2, 0.25) is 5.02 Å². The largest absolute Gasteiger partial charge is 0.372 e. The summed E-state index contributed by atoms with van der Waals surface area (Å²) in [4.78, 5) is 9.03. The van der Waals surface area contributed by atoms with Gasteiger partial charge in [-0.3, -0.25) is 9.36 Å². The first-order valence-electron chi connectivity index (χ1n) is 6.14. The highest BCUT2D eigenvalue weighted by Crippen LogP contribution is 2.20. The summed E-state index contributed by atoms with van der Waals surface area (Å²) in [6.07, 6.45) is 3.37. The van der Waals surface area contributed by atoms with Crippen molar-refractivity contribution in [2.45, 2.75) is 13.5 Å². The minimum absolute atomic E-state index is 0.467. The lowest BCUT2D eigenvalue weighted by Gasteiger charge is -2.07. The van der Waals surface area contributed by atoms with Crippen LogP contribution in [0.4, 0.5) is 5.82 Å². The molecule has 0 unspecified atom stereocenters. The molecule has 0 aliphatic rings. The van der Waals surface area contributed by atoms with E-state index in [0.29, 0.717) is 17.4 Å². The fourth-order valence-electron chi connectivity index (χ4n) is 2.05. The van der Waals surface area contributed by atoms with Crippen LogP contribution in [0.1, 0.15) is 11.5 Å². The lowest BCUT2D eigenvalue weighted by atomic mass is 10.3. The number of rotatable bonds is 3. The van der Waals surface area contributed by atoms with Crippen LogP contribution in [0.3, 0.4) is 0 Å². The zero-order valence-corrected chi connectivity index (χ0v) is 12.2. The molecule has 0 saturated heterocycles. The zero-order chi connectivity index (χ0) is 14.3. The van der Waals surface area contributed by atoms with Crippen LogP contribution in [-0.2, 0) is 13.6 Å². The van der Waals surface area contributed by atoms with Crippen molar-refractivity contribution >= 4 is 28.5 Å². The molecule has 7 nitrogen and oxygen atoms in total. The van der Waals surface area contributed by atoms with Gasteiger partial charge >= 0.3 is 0 Å². The molecule has 0 radical (unpaired) electrons. The van der Waals surface area contributed by atoms with Gasteiger partial charge in [0.2, 0.25) is 0 Å². The first-order valence-corrected chi connectivity index (χ1v) is 6.52. The van der Waals surface area contributed by atoms with Crippen molar-refractivity contribution in [3.63, 3.8) is 0 Å². The fourth-order valence-corrected chi connectivity index (χ4v) is 2.19. The number of halogens is 1. The van der Waals surface area contributed by atoms with Gasteiger partial charge in [0.15, 0.2) is 11.5 Å². The Morgan fingerprint density at radius 3 is 2.70 bits per heavy atom. The molecule has 8 heteroatoms. The van der Waals surface area contributed by atoms with E-state index in [4.69, 9.17) is 11.6 Å². The van der Waals surface area contributed by atoms with Crippen molar-refractivity contribution in [1.82, 2.24) is 29.5 Å². The smallest absolute Gasteiger partial charge is 0.163 e. The molecule has 0 aliphatic carbocycles. The number of nitrogens with one attached hydrogen (secondary N) is 1. The number of anilines is 1. The molecule has 3 aromatic rings. The van der Waals surface area contributed by atoms with Gasteiger partial charge in [0.05, 0.1) is 28.5 Å². The Morgan fingerprint density at radius 1 is 1.25 bits per heavy atom. The molecular weight excluding hydrogens is 278 g/mol. The highest BCUT2D eigenvalue weighted by Gasteiger charge is 2.12. The maximum absolute atomic E-state index is 6.01. The average molecular weight is 292 g/mol. The minimum Gasteiger partial charge on any atom is -0.372 e. The molecule has 0 aliphatic heterocycles. The van der Waals surface area contributed by atoms with E-state index < -0.39 is 0 Å². The summed E-state index contributed by atoms with van der Waals surface area (Å²) in [7, 11) is 3.68. The van der Waals surface area contributed by atoms with Crippen LogP contribution in [0.25, 0.3) is 11.0 Å². The van der Waals surface area contributed by atoms with Crippen LogP contribution in [0.5, 0.6) is 0 Å². The summed E-state index contributed by atoms with van der Waals surface area (Å²) < 4.78 is 3.50. The van der Waals surface area contributed by atoms with Crippen molar-refractivity contribution in [2.24, 2.45) is 7.05 Å². The molecule has 1 N–H and O–H groups in total. The van der Waals surface area contributed by atoms with Crippen LogP contribution >= 0.6 is 11.6 Å². The second kappa shape index (κ2) is 4.75. The lowest BCUT2D eigenvalue weighted by Crippen LogP contribution is -2.10. The second-order valence-electron chi connectivity index (χ2n) is 4.48. The van der Waals surface area contributed by atoms with Gasteiger partial charge in [-0.2, -0.15) is 10.2 Å². The van der Waals surface area contributed by atoms with Crippen LogP contribution in [-0.4, -0.2) is 36.6 Å². The van der Waals surface area contributed by atoms with Crippen molar-refractivity contribution in [1.29, 1.82) is 0 Å². The van der Waals surface area contributed by atoms with Gasteiger partial charge in [-0.05, 0) is 6.92 Å². The molecule has 0 amide bonds. The quantitative estimate of drug-likeness (QED) is 0.793. The van der Waals surface area contributed by atoms with E-state index >= 15 is 0 Å². The van der Waals surface area contributed by atoms with E-state index in [1.165, 1.54) is 0 Å². The van der Waals surface area contributed by atoms with E-state index in [1.807, 2.05) is 21.0 Å². The van der Waals surface area contributed by atoms with E-state index in [0.717, 1.165) is 22.5 Å². The standard InChI is InChI=1S/C12H14ClN7/c1-7-9(13)5-16-20(7)6-10-17-11(14-2)8-4-15-19(3)12(8)18-10/h4-5H,6H2,1-3H3,(H,14,17,18). The van der Waals surface area contributed by atoms with Crippen molar-refractivity contribution < 1.29 is 0 Å². The fraction of sp³-hybridized carbons (Fsp3) is 0.333. The molecule has 0 spiro atoms.